The van der Waals surface area contributed by atoms with Crippen LogP contribution in [0.25, 0.3) is 11.0 Å². The highest BCUT2D eigenvalue weighted by Gasteiger charge is 2.32. The molecule has 0 radical (unpaired) electrons. The largest absolute Gasteiger partial charge is 0.389 e. The normalized spacial score (nSPS) is 18.7. The lowest BCUT2D eigenvalue weighted by Crippen LogP contribution is -2.40. The molecular formula is C49H69N11O3S2. The maximum Gasteiger partial charge on any atom is 0.329 e. The number of hydrogen-bond donors (Lipinski definition) is 3. The summed E-state index contributed by atoms with van der Waals surface area (Å²) in [7, 11) is 1.80. The van der Waals surface area contributed by atoms with Gasteiger partial charge in [-0.15, -0.1) is 11.3 Å². The second-order valence-electron chi connectivity index (χ2n) is 17.8. The minimum absolute atomic E-state index is 0.126. The van der Waals surface area contributed by atoms with Crippen LogP contribution in [0.5, 0.6) is 0 Å². The molecule has 1 aromatic carbocycles. The first kappa shape index (κ1) is 49.5. The standard InChI is InChI=1S/C25H35N7S2.C24H34N4O3/c1-4-13-32(14-7-8-16(3)5-2)25-29-12-11-19(30-25)22(27)31-24(33)17-9-6-10-20-21(17)18(15-26)23(28)34-20;1-4-14-31-15-13-27-11-9-18(10-12-27)19-6-8-20-22(16-19)26(3)24(30)28(20)21-7-5-17(2)25-23(21)29/h11-12,16-17H,4-10,13-14,28H2,1-3H3,(H2,27,31,33);6,8,16,18,21H,2,4-5,7,9-15H2,1,3H3,(H,25,29). The number of aryl methyl sites for hydroxylation is 2. The minimum Gasteiger partial charge on any atom is -0.389 e. The number of fused-ring (bicyclic) bond motifs is 2. The summed E-state index contributed by atoms with van der Waals surface area (Å²) in [4.78, 5) is 45.6. The van der Waals surface area contributed by atoms with E-state index < -0.39 is 6.04 Å². The number of piperidine rings is 2. The lowest BCUT2D eigenvalue weighted by Gasteiger charge is -2.32. The number of nitrogen functional groups attached to an aromatic ring is 1. The van der Waals surface area contributed by atoms with Crippen molar-refractivity contribution < 1.29 is 9.53 Å². The van der Waals surface area contributed by atoms with E-state index in [4.69, 9.17) is 33.4 Å². The van der Waals surface area contributed by atoms with Gasteiger partial charge in [-0.2, -0.15) is 5.26 Å². The number of carbonyl (C=O) groups is 1. The molecule has 16 heteroatoms. The summed E-state index contributed by atoms with van der Waals surface area (Å²) in [6.07, 6.45) is 13.6. The number of thiocarbonyl (C=S) groups is 1. The highest BCUT2D eigenvalue weighted by atomic mass is 32.1. The van der Waals surface area contributed by atoms with Crippen molar-refractivity contribution in [3.05, 3.63) is 80.5 Å². The number of aromatic nitrogens is 4. The highest BCUT2D eigenvalue weighted by molar-refractivity contribution is 7.80. The van der Waals surface area contributed by atoms with Crippen molar-refractivity contribution in [2.75, 3.05) is 56.6 Å². The van der Waals surface area contributed by atoms with E-state index in [1.165, 1.54) is 29.7 Å². The van der Waals surface area contributed by atoms with E-state index in [1.54, 1.807) is 28.4 Å². The number of hydrogen-bond acceptors (Lipinski definition) is 11. The molecule has 7 rings (SSSR count). The fourth-order valence-electron chi connectivity index (χ4n) is 9.23. The van der Waals surface area contributed by atoms with Crippen molar-refractivity contribution in [3.8, 4) is 6.07 Å². The van der Waals surface area contributed by atoms with Gasteiger partial charge in [0, 0.05) is 56.0 Å². The quantitative estimate of drug-likeness (QED) is 0.0402. The maximum absolute atomic E-state index is 13.0. The number of rotatable bonds is 17. The van der Waals surface area contributed by atoms with Crippen LogP contribution in [-0.4, -0.2) is 86.7 Å². The van der Waals surface area contributed by atoms with Crippen molar-refractivity contribution >= 4 is 62.3 Å². The SMILES string of the molecule is C=C1CCC(n2c(=O)n(C)c3cc(C4CCN(CCOCCC)CC4)ccc32)C(=O)N1.CCCN(CCCC(C)CC)c1nccc(C(N)=NC(=S)C2CCCc3sc(N)c(C#N)c32)n1. The summed E-state index contributed by atoms with van der Waals surface area (Å²) >= 11 is 7.18. The average molecular weight is 924 g/mol. The van der Waals surface area contributed by atoms with Gasteiger partial charge >= 0.3 is 5.69 Å². The van der Waals surface area contributed by atoms with Crippen LogP contribution in [-0.2, 0) is 23.0 Å². The van der Waals surface area contributed by atoms with Crippen molar-refractivity contribution in [1.29, 1.82) is 5.26 Å². The Bertz CT molecular complexity index is 2420. The molecule has 3 unspecified atom stereocenters. The zero-order valence-electron chi connectivity index (χ0n) is 39.1. The number of amidine groups is 1. The Labute approximate surface area is 394 Å². The monoisotopic (exact) mass is 924 g/mol. The highest BCUT2D eigenvalue weighted by Crippen LogP contribution is 2.43. The van der Waals surface area contributed by atoms with Gasteiger partial charge in [-0.25, -0.2) is 19.8 Å². The Kier molecular flexibility index (Phi) is 17.9. The molecule has 5 N–H and O–H groups in total. The number of benzene rings is 1. The molecule has 65 heavy (non-hydrogen) atoms. The maximum atomic E-state index is 13.0. The first-order chi connectivity index (χ1) is 31.4. The molecule has 2 aliphatic heterocycles. The molecule has 3 atom stereocenters. The molecule has 2 fully saturated rings. The summed E-state index contributed by atoms with van der Waals surface area (Å²) in [5.41, 5.74) is 18.1. The molecule has 0 spiro atoms. The van der Waals surface area contributed by atoms with E-state index in [0.29, 0.717) is 46.0 Å². The van der Waals surface area contributed by atoms with Crippen molar-refractivity contribution in [3.63, 3.8) is 0 Å². The Morgan fingerprint density at radius 1 is 1.11 bits per heavy atom. The Morgan fingerprint density at radius 3 is 2.60 bits per heavy atom. The lowest BCUT2D eigenvalue weighted by atomic mass is 9.85. The Hall–Kier alpha value is -4.95. The van der Waals surface area contributed by atoms with Crippen LogP contribution < -0.4 is 27.4 Å². The summed E-state index contributed by atoms with van der Waals surface area (Å²) in [6.45, 7) is 19.3. The molecule has 1 amide bonds. The van der Waals surface area contributed by atoms with Gasteiger partial charge in [-0.05, 0) is 125 Å². The summed E-state index contributed by atoms with van der Waals surface area (Å²) in [5, 5.41) is 13.0. The number of nitrogens with zero attached hydrogens (tertiary/aromatic N) is 8. The molecule has 4 aromatic rings. The third kappa shape index (κ3) is 12.1. The Balaban J connectivity index is 0.000000216. The molecule has 14 nitrogen and oxygen atoms in total. The van der Waals surface area contributed by atoms with Crippen molar-refractivity contribution in [2.24, 2.45) is 23.7 Å². The van der Waals surface area contributed by atoms with Gasteiger partial charge in [-0.1, -0.05) is 59.0 Å². The molecule has 3 aromatic heterocycles. The number of anilines is 2. The molecule has 2 saturated heterocycles. The number of nitrogens with one attached hydrogen (secondary N) is 1. The minimum atomic E-state index is -0.481. The number of thiophene rings is 1. The van der Waals surface area contributed by atoms with Gasteiger partial charge in [0.1, 0.15) is 27.8 Å². The van der Waals surface area contributed by atoms with E-state index >= 15 is 0 Å². The second kappa shape index (κ2) is 23.5. The number of allylic oxidation sites excluding steroid dienone is 1. The number of nitriles is 1. The fourth-order valence-corrected chi connectivity index (χ4v) is 10.7. The van der Waals surface area contributed by atoms with E-state index in [-0.39, 0.29) is 23.4 Å². The number of carbonyl (C=O) groups excluding carboxylic acids is 1. The Morgan fingerprint density at radius 2 is 1.89 bits per heavy atom. The van der Waals surface area contributed by atoms with Crippen molar-refractivity contribution in [1.82, 2.24) is 29.3 Å². The second-order valence-corrected chi connectivity index (χ2v) is 19.3. The van der Waals surface area contributed by atoms with Crippen LogP contribution in [0.1, 0.15) is 143 Å². The number of imidazole rings is 1. The molecule has 3 aliphatic rings. The van der Waals surface area contributed by atoms with Gasteiger partial charge in [0.15, 0.2) is 5.84 Å². The number of nitrogens with two attached hydrogens (primary N) is 2. The first-order valence-corrected chi connectivity index (χ1v) is 24.9. The van der Waals surface area contributed by atoms with Gasteiger partial charge in [0.25, 0.3) is 0 Å². The van der Waals surface area contributed by atoms with Gasteiger partial charge in [-0.3, -0.25) is 13.9 Å². The van der Waals surface area contributed by atoms with Crippen LogP contribution in [0.15, 0.2) is 52.5 Å². The van der Waals surface area contributed by atoms with E-state index in [1.807, 2.05) is 6.07 Å². The zero-order chi connectivity index (χ0) is 46.6. The molecular weight excluding hydrogens is 855 g/mol. The lowest BCUT2D eigenvalue weighted by molar-refractivity contribution is -0.124. The zero-order valence-corrected chi connectivity index (χ0v) is 40.7. The van der Waals surface area contributed by atoms with E-state index in [0.717, 1.165) is 130 Å². The summed E-state index contributed by atoms with van der Waals surface area (Å²) < 4.78 is 8.95. The number of aliphatic imine (C=N–C) groups is 1. The molecule has 350 valence electrons. The van der Waals surface area contributed by atoms with Crippen LogP contribution in [0.4, 0.5) is 10.9 Å². The van der Waals surface area contributed by atoms with Crippen molar-refractivity contribution in [2.45, 2.75) is 123 Å². The summed E-state index contributed by atoms with van der Waals surface area (Å²) in [6, 6.07) is 9.85. The van der Waals surface area contributed by atoms with E-state index in [2.05, 4.69) is 77.6 Å². The predicted molar refractivity (Wildman–Crippen MR) is 268 cm³/mol. The van der Waals surface area contributed by atoms with Crippen LogP contribution >= 0.6 is 23.6 Å². The molecule has 5 heterocycles. The third-order valence-corrected chi connectivity index (χ3v) is 14.6. The number of ether oxygens (including phenoxy) is 1. The van der Waals surface area contributed by atoms with Crippen LogP contribution in [0, 0.1) is 17.2 Å². The topological polar surface area (TPSA) is 186 Å². The summed E-state index contributed by atoms with van der Waals surface area (Å²) in [5.74, 6) is 1.89. The van der Waals surface area contributed by atoms with Gasteiger partial charge in [0.05, 0.1) is 23.2 Å². The molecule has 0 bridgehead atoms. The third-order valence-electron chi connectivity index (χ3n) is 13.1. The molecule has 1 aliphatic carbocycles. The average Bonchev–Trinajstić information content (AvgIpc) is 3.77. The number of likely N-dealkylation sites (tertiary alicyclic amines) is 1. The smallest absolute Gasteiger partial charge is 0.329 e. The van der Waals surface area contributed by atoms with Crippen LogP contribution in [0.2, 0.25) is 0 Å². The first-order valence-electron chi connectivity index (χ1n) is 23.7. The van der Waals surface area contributed by atoms with E-state index in [9.17, 15) is 14.9 Å². The fraction of sp³-hybridized carbons (Fsp3) is 0.571. The molecule has 0 saturated carbocycles. The predicted octanol–water partition coefficient (Wildman–Crippen LogP) is 8.10. The number of amides is 1. The van der Waals surface area contributed by atoms with Gasteiger partial charge < -0.3 is 31.3 Å². The van der Waals surface area contributed by atoms with Crippen LogP contribution in [0.3, 0.4) is 0 Å². The van der Waals surface area contributed by atoms with Gasteiger partial charge in [0.2, 0.25) is 11.9 Å².